The van der Waals surface area contributed by atoms with Crippen LogP contribution in [0.4, 0.5) is 0 Å². The van der Waals surface area contributed by atoms with Crippen LogP contribution in [0, 0.1) is 0 Å². The fourth-order valence-corrected chi connectivity index (χ4v) is 4.11. The van der Waals surface area contributed by atoms with Crippen LogP contribution in [-0.4, -0.2) is 9.97 Å². The number of rotatable bonds is 1. The summed E-state index contributed by atoms with van der Waals surface area (Å²) >= 11 is 0. The standard InChI is InChI=1S/C20H18N2/c1-3-10-18-14(7-1)17(12-21-18)16-9-5-8-15-13-6-2-4-11-19(13)22-20(15)16/h1-4,6-7,10-12,16,21-22H,5,8-9H2. The Labute approximate surface area is 129 Å². The van der Waals surface area contributed by atoms with E-state index < -0.39 is 0 Å². The highest BCUT2D eigenvalue weighted by molar-refractivity contribution is 5.87. The molecule has 2 heteroatoms. The highest BCUT2D eigenvalue weighted by atomic mass is 14.7. The fraction of sp³-hybridized carbons (Fsp3) is 0.200. The largest absolute Gasteiger partial charge is 0.361 e. The quantitative estimate of drug-likeness (QED) is 0.487. The topological polar surface area (TPSA) is 31.6 Å². The van der Waals surface area contributed by atoms with Gasteiger partial charge in [-0.15, -0.1) is 0 Å². The van der Waals surface area contributed by atoms with Crippen LogP contribution in [0.2, 0.25) is 0 Å². The molecule has 0 saturated carbocycles. The van der Waals surface area contributed by atoms with Gasteiger partial charge in [-0.1, -0.05) is 36.4 Å². The molecule has 0 spiro atoms. The summed E-state index contributed by atoms with van der Waals surface area (Å²) in [4.78, 5) is 7.14. The molecule has 1 aliphatic rings. The van der Waals surface area contributed by atoms with Crippen molar-refractivity contribution in [1.29, 1.82) is 0 Å². The Morgan fingerprint density at radius 2 is 1.64 bits per heavy atom. The predicted molar refractivity (Wildman–Crippen MR) is 91.4 cm³/mol. The number of aryl methyl sites for hydroxylation is 1. The van der Waals surface area contributed by atoms with Gasteiger partial charge in [-0.2, -0.15) is 0 Å². The van der Waals surface area contributed by atoms with E-state index in [1.807, 2.05) is 0 Å². The maximum atomic E-state index is 3.71. The van der Waals surface area contributed by atoms with Crippen molar-refractivity contribution in [3.05, 3.63) is 71.5 Å². The predicted octanol–water partition coefficient (Wildman–Crippen LogP) is 5.12. The summed E-state index contributed by atoms with van der Waals surface area (Å²) < 4.78 is 0. The molecule has 0 saturated heterocycles. The number of aromatic amines is 2. The summed E-state index contributed by atoms with van der Waals surface area (Å²) in [5.41, 5.74) is 6.90. The Bertz CT molecular complexity index is 974. The van der Waals surface area contributed by atoms with Gasteiger partial charge >= 0.3 is 0 Å². The van der Waals surface area contributed by atoms with Gasteiger partial charge in [0.25, 0.3) is 0 Å². The van der Waals surface area contributed by atoms with Crippen molar-refractivity contribution < 1.29 is 0 Å². The van der Waals surface area contributed by atoms with E-state index in [9.17, 15) is 0 Å². The van der Waals surface area contributed by atoms with Crippen LogP contribution in [0.3, 0.4) is 0 Å². The molecule has 108 valence electrons. The van der Waals surface area contributed by atoms with Crippen molar-refractivity contribution in [1.82, 2.24) is 9.97 Å². The molecule has 1 atom stereocenters. The minimum absolute atomic E-state index is 0.479. The van der Waals surface area contributed by atoms with Gasteiger partial charge in [-0.05, 0) is 42.5 Å². The average molecular weight is 286 g/mol. The number of para-hydroxylation sites is 2. The highest BCUT2D eigenvalue weighted by Gasteiger charge is 2.27. The maximum absolute atomic E-state index is 3.71. The van der Waals surface area contributed by atoms with E-state index in [-0.39, 0.29) is 0 Å². The lowest BCUT2D eigenvalue weighted by molar-refractivity contribution is 0.611. The van der Waals surface area contributed by atoms with E-state index in [1.54, 1.807) is 0 Å². The summed E-state index contributed by atoms with van der Waals surface area (Å²) in [6.45, 7) is 0. The minimum atomic E-state index is 0.479. The minimum Gasteiger partial charge on any atom is -0.361 e. The van der Waals surface area contributed by atoms with Gasteiger partial charge in [0.05, 0.1) is 0 Å². The molecule has 2 heterocycles. The van der Waals surface area contributed by atoms with E-state index in [4.69, 9.17) is 0 Å². The molecule has 5 rings (SSSR count). The van der Waals surface area contributed by atoms with E-state index in [0.717, 1.165) is 0 Å². The molecule has 0 amide bonds. The molecule has 0 bridgehead atoms. The van der Waals surface area contributed by atoms with Crippen molar-refractivity contribution in [2.24, 2.45) is 0 Å². The van der Waals surface area contributed by atoms with Crippen molar-refractivity contribution >= 4 is 21.8 Å². The lowest BCUT2D eigenvalue weighted by Gasteiger charge is -2.22. The Hall–Kier alpha value is -2.48. The molecule has 0 radical (unpaired) electrons. The third-order valence-corrected chi connectivity index (χ3v) is 5.11. The SMILES string of the molecule is c1ccc2c(C3CCCc4c3[nH]c3ccccc43)c[nH]c2c1. The highest BCUT2D eigenvalue weighted by Crippen LogP contribution is 2.41. The summed E-state index contributed by atoms with van der Waals surface area (Å²) in [6, 6.07) is 17.3. The molecular formula is C20H18N2. The first-order chi connectivity index (χ1) is 10.9. The van der Waals surface area contributed by atoms with Gasteiger partial charge in [-0.3, -0.25) is 0 Å². The Kier molecular flexibility index (Phi) is 2.48. The maximum Gasteiger partial charge on any atom is 0.0459 e. The first-order valence-corrected chi connectivity index (χ1v) is 8.07. The van der Waals surface area contributed by atoms with E-state index in [2.05, 4.69) is 64.7 Å². The summed E-state index contributed by atoms with van der Waals surface area (Å²) in [5.74, 6) is 0.479. The molecule has 4 aromatic rings. The van der Waals surface area contributed by atoms with E-state index in [0.29, 0.717) is 5.92 Å². The van der Waals surface area contributed by atoms with Crippen LogP contribution < -0.4 is 0 Å². The zero-order valence-electron chi connectivity index (χ0n) is 12.4. The van der Waals surface area contributed by atoms with Gasteiger partial charge in [0.1, 0.15) is 0 Å². The van der Waals surface area contributed by atoms with Crippen LogP contribution in [0.1, 0.15) is 35.6 Å². The van der Waals surface area contributed by atoms with Crippen molar-refractivity contribution in [2.45, 2.75) is 25.2 Å². The average Bonchev–Trinajstić information content (AvgIpc) is 3.16. The van der Waals surface area contributed by atoms with Crippen LogP contribution in [0.5, 0.6) is 0 Å². The molecule has 2 N–H and O–H groups in total. The molecule has 2 aromatic carbocycles. The lowest BCUT2D eigenvalue weighted by Crippen LogP contribution is -2.10. The zero-order chi connectivity index (χ0) is 14.5. The molecule has 0 fully saturated rings. The third-order valence-electron chi connectivity index (χ3n) is 5.11. The van der Waals surface area contributed by atoms with Crippen molar-refractivity contribution in [3.63, 3.8) is 0 Å². The molecule has 1 unspecified atom stereocenters. The van der Waals surface area contributed by atoms with Crippen LogP contribution in [-0.2, 0) is 6.42 Å². The fourth-order valence-electron chi connectivity index (χ4n) is 4.11. The second-order valence-electron chi connectivity index (χ2n) is 6.30. The summed E-state index contributed by atoms with van der Waals surface area (Å²) in [7, 11) is 0. The smallest absolute Gasteiger partial charge is 0.0459 e. The normalized spacial score (nSPS) is 17.9. The summed E-state index contributed by atoms with van der Waals surface area (Å²) in [6.07, 6.45) is 5.88. The van der Waals surface area contributed by atoms with Gasteiger partial charge in [0.2, 0.25) is 0 Å². The molecule has 2 aromatic heterocycles. The first kappa shape index (κ1) is 12.1. The van der Waals surface area contributed by atoms with Crippen LogP contribution in [0.25, 0.3) is 21.8 Å². The molecule has 0 aliphatic heterocycles. The summed E-state index contributed by atoms with van der Waals surface area (Å²) in [5, 5.41) is 2.76. The number of H-pyrrole nitrogens is 2. The monoisotopic (exact) mass is 286 g/mol. The van der Waals surface area contributed by atoms with Gasteiger partial charge in [0.15, 0.2) is 0 Å². The number of benzene rings is 2. The van der Waals surface area contributed by atoms with Gasteiger partial charge in [-0.25, -0.2) is 0 Å². The number of hydrogen-bond acceptors (Lipinski definition) is 0. The molecular weight excluding hydrogens is 268 g/mol. The van der Waals surface area contributed by atoms with Gasteiger partial charge < -0.3 is 9.97 Å². The Morgan fingerprint density at radius 3 is 2.55 bits per heavy atom. The Balaban J connectivity index is 1.75. The van der Waals surface area contributed by atoms with Crippen LogP contribution in [0.15, 0.2) is 54.7 Å². The zero-order valence-corrected chi connectivity index (χ0v) is 12.4. The Morgan fingerprint density at radius 1 is 0.864 bits per heavy atom. The number of aromatic nitrogens is 2. The molecule has 22 heavy (non-hydrogen) atoms. The lowest BCUT2D eigenvalue weighted by atomic mass is 9.82. The number of fused-ring (bicyclic) bond motifs is 4. The molecule has 2 nitrogen and oxygen atoms in total. The first-order valence-electron chi connectivity index (χ1n) is 8.07. The van der Waals surface area contributed by atoms with Gasteiger partial charge in [0, 0.05) is 39.6 Å². The second kappa shape index (κ2) is 4.51. The third kappa shape index (κ3) is 1.61. The number of nitrogens with one attached hydrogen (secondary N) is 2. The van der Waals surface area contributed by atoms with Crippen LogP contribution >= 0.6 is 0 Å². The van der Waals surface area contributed by atoms with Crippen molar-refractivity contribution in [2.75, 3.05) is 0 Å². The van der Waals surface area contributed by atoms with Crippen molar-refractivity contribution in [3.8, 4) is 0 Å². The number of hydrogen-bond donors (Lipinski definition) is 2. The molecule has 1 aliphatic carbocycles. The van der Waals surface area contributed by atoms with E-state index >= 15 is 0 Å². The van der Waals surface area contributed by atoms with E-state index in [1.165, 1.54) is 57.9 Å². The second-order valence-corrected chi connectivity index (χ2v) is 6.30.